The summed E-state index contributed by atoms with van der Waals surface area (Å²) < 4.78 is 70.3. The van der Waals surface area contributed by atoms with Crippen LogP contribution in [0.2, 0.25) is 10.0 Å². The van der Waals surface area contributed by atoms with E-state index in [9.17, 15) is 31.5 Å². The van der Waals surface area contributed by atoms with E-state index < -0.39 is 31.7 Å². The molecule has 0 saturated heterocycles. The number of aryl methyl sites for hydroxylation is 1. The van der Waals surface area contributed by atoms with Crippen LogP contribution in [-0.4, -0.2) is 47.1 Å². The zero-order valence-corrected chi connectivity index (χ0v) is 23.4. The topological polar surface area (TPSA) is 85.2 Å². The molecular formula is C27H27Cl2F5N4O3. The first-order valence-electron chi connectivity index (χ1n) is 12.8. The Morgan fingerprint density at radius 1 is 1.15 bits per heavy atom. The summed E-state index contributed by atoms with van der Waals surface area (Å²) in [4.78, 5) is 29.5. The third kappa shape index (κ3) is 7.59. The van der Waals surface area contributed by atoms with E-state index in [1.807, 2.05) is 0 Å². The second-order valence-electron chi connectivity index (χ2n) is 9.80. The summed E-state index contributed by atoms with van der Waals surface area (Å²) in [6, 6.07) is 5.83. The predicted octanol–water partition coefficient (Wildman–Crippen LogP) is 6.21. The number of amides is 2. The number of hydrogen-bond donors (Lipinski definition) is 2. The minimum absolute atomic E-state index is 0.00413. The maximum absolute atomic E-state index is 12.8. The zero-order valence-electron chi connectivity index (χ0n) is 21.9. The molecule has 0 atom stereocenters. The smallest absolute Gasteiger partial charge is 0.405 e. The van der Waals surface area contributed by atoms with E-state index in [4.69, 9.17) is 27.9 Å². The van der Waals surface area contributed by atoms with Crippen LogP contribution in [-0.2, 0) is 24.8 Å². The summed E-state index contributed by atoms with van der Waals surface area (Å²) >= 11 is 13.1. The summed E-state index contributed by atoms with van der Waals surface area (Å²) in [6.07, 6.45) is -3.65. The largest absolute Gasteiger partial charge is 0.487 e. The quantitative estimate of drug-likeness (QED) is 0.264. The molecule has 0 spiro atoms. The van der Waals surface area contributed by atoms with Gasteiger partial charge in [-0.15, -0.1) is 0 Å². The molecule has 0 unspecified atom stereocenters. The van der Waals surface area contributed by atoms with Crippen LogP contribution in [0.25, 0.3) is 11.0 Å². The van der Waals surface area contributed by atoms with Gasteiger partial charge in [-0.1, -0.05) is 42.1 Å². The Hall–Kier alpha value is -3.12. The van der Waals surface area contributed by atoms with E-state index in [-0.39, 0.29) is 41.6 Å². The molecule has 0 radical (unpaired) electrons. The zero-order chi connectivity index (χ0) is 29.9. The van der Waals surface area contributed by atoms with Gasteiger partial charge in [-0.3, -0.25) is 9.59 Å². The fraction of sp³-hybridized carbons (Fsp3) is 0.444. The van der Waals surface area contributed by atoms with Crippen molar-refractivity contribution in [3.8, 4) is 5.75 Å². The highest BCUT2D eigenvalue weighted by atomic mass is 35.5. The van der Waals surface area contributed by atoms with Crippen molar-refractivity contribution in [1.29, 1.82) is 0 Å². The fourth-order valence-corrected chi connectivity index (χ4v) is 5.34. The molecule has 0 aliphatic heterocycles. The number of carbonyl (C=O) groups excluding carboxylic acids is 2. The van der Waals surface area contributed by atoms with Crippen molar-refractivity contribution >= 4 is 46.0 Å². The van der Waals surface area contributed by atoms with Crippen LogP contribution in [0.15, 0.2) is 24.3 Å². The van der Waals surface area contributed by atoms with E-state index in [1.54, 1.807) is 29.1 Å². The van der Waals surface area contributed by atoms with Gasteiger partial charge in [-0.25, -0.2) is 13.8 Å². The lowest BCUT2D eigenvalue weighted by Gasteiger charge is -2.14. The number of aromatic nitrogens is 2. The number of rotatable bonds is 10. The Balaban J connectivity index is 1.62. The van der Waals surface area contributed by atoms with Gasteiger partial charge in [0.2, 0.25) is 5.91 Å². The summed E-state index contributed by atoms with van der Waals surface area (Å²) in [5.41, 5.74) is 1.41. The number of alkyl halides is 5. The Labute approximate surface area is 242 Å². The lowest BCUT2D eigenvalue weighted by molar-refractivity contribution is -0.125. The number of carbonyl (C=O) groups is 2. The van der Waals surface area contributed by atoms with Crippen LogP contribution in [0.4, 0.5) is 22.0 Å². The van der Waals surface area contributed by atoms with Gasteiger partial charge in [-0.2, -0.15) is 13.2 Å². The number of hydrogen-bond acceptors (Lipinski definition) is 4. The third-order valence-electron chi connectivity index (χ3n) is 6.91. The minimum Gasteiger partial charge on any atom is -0.487 e. The highest BCUT2D eigenvalue weighted by Gasteiger charge is 2.29. The van der Waals surface area contributed by atoms with Gasteiger partial charge >= 0.3 is 6.18 Å². The van der Waals surface area contributed by atoms with E-state index in [1.165, 1.54) is 12.1 Å². The van der Waals surface area contributed by atoms with Crippen molar-refractivity contribution < 1.29 is 36.3 Å². The molecule has 7 nitrogen and oxygen atoms in total. The average molecular weight is 621 g/mol. The average Bonchev–Trinajstić information content (AvgIpc) is 3.55. The maximum Gasteiger partial charge on any atom is 0.405 e. The third-order valence-corrected chi connectivity index (χ3v) is 7.74. The molecule has 1 aliphatic rings. The number of benzene rings is 2. The molecule has 2 aromatic carbocycles. The number of halogens is 7. The highest BCUT2D eigenvalue weighted by Crippen LogP contribution is 2.33. The number of ether oxygens (including phenoxy) is 1. The lowest BCUT2D eigenvalue weighted by Crippen LogP contribution is -2.34. The second-order valence-corrected chi connectivity index (χ2v) is 10.6. The highest BCUT2D eigenvalue weighted by molar-refractivity contribution is 6.36. The standard InChI is InChI=1S/C27H27Cl2F5N4O3/c1-38-20-10-21(41-12-22(30)31)17(26(40)36-13-27(32,33)34)8-19(20)37-23(38)9-16-18(28)7-6-15(24(16)29)11-35-25(39)14-4-2-3-5-14/h6-8,10,14,22H,2-5,9,11-13H2,1H3,(H,35,39)(H,36,40). The van der Waals surface area contributed by atoms with Crippen molar-refractivity contribution in [2.45, 2.75) is 51.3 Å². The molecule has 14 heteroatoms. The number of fused-ring (bicyclic) bond motifs is 1. The molecule has 3 aromatic rings. The van der Waals surface area contributed by atoms with Crippen LogP contribution in [0.1, 0.15) is 53.0 Å². The summed E-state index contributed by atoms with van der Waals surface area (Å²) in [5, 5.41) is 5.33. The van der Waals surface area contributed by atoms with E-state index >= 15 is 0 Å². The SMILES string of the molecule is Cn1c(Cc2c(Cl)ccc(CNC(=O)C3CCCC3)c2Cl)nc2cc(C(=O)NCC(F)(F)F)c(OCC(F)F)cc21. The van der Waals surface area contributed by atoms with Gasteiger partial charge in [0.05, 0.1) is 21.6 Å². The first kappa shape index (κ1) is 30.8. The number of imidazole rings is 1. The van der Waals surface area contributed by atoms with Crippen LogP contribution in [0.3, 0.4) is 0 Å². The minimum atomic E-state index is -4.67. The fourth-order valence-electron chi connectivity index (χ4n) is 4.77. The molecule has 1 fully saturated rings. The van der Waals surface area contributed by atoms with E-state index in [2.05, 4.69) is 10.3 Å². The van der Waals surface area contributed by atoms with Crippen LogP contribution in [0.5, 0.6) is 5.75 Å². The van der Waals surface area contributed by atoms with Gasteiger partial charge in [-0.05, 0) is 36.1 Å². The molecule has 4 rings (SSSR count). The predicted molar refractivity (Wildman–Crippen MR) is 144 cm³/mol. The summed E-state index contributed by atoms with van der Waals surface area (Å²) in [6.45, 7) is -2.47. The Morgan fingerprint density at radius 2 is 1.85 bits per heavy atom. The first-order valence-corrected chi connectivity index (χ1v) is 13.6. The second kappa shape index (κ2) is 12.8. The molecule has 222 valence electrons. The van der Waals surface area contributed by atoms with Gasteiger partial charge in [0.25, 0.3) is 12.3 Å². The van der Waals surface area contributed by atoms with Gasteiger partial charge < -0.3 is 19.9 Å². The van der Waals surface area contributed by atoms with Crippen molar-refractivity contribution in [2.24, 2.45) is 13.0 Å². The first-order chi connectivity index (χ1) is 19.3. The number of nitrogens with zero attached hydrogens (tertiary/aromatic N) is 2. The maximum atomic E-state index is 12.8. The van der Waals surface area contributed by atoms with Crippen LogP contribution >= 0.6 is 23.2 Å². The number of nitrogens with one attached hydrogen (secondary N) is 2. The molecule has 1 saturated carbocycles. The van der Waals surface area contributed by atoms with Crippen molar-refractivity contribution in [3.05, 3.63) is 56.8 Å². The molecule has 0 bridgehead atoms. The molecule has 2 N–H and O–H groups in total. The van der Waals surface area contributed by atoms with Crippen LogP contribution < -0.4 is 15.4 Å². The van der Waals surface area contributed by atoms with Crippen molar-refractivity contribution in [1.82, 2.24) is 20.2 Å². The van der Waals surface area contributed by atoms with E-state index in [0.717, 1.165) is 25.7 Å². The van der Waals surface area contributed by atoms with Gasteiger partial charge in [0.1, 0.15) is 24.7 Å². The normalized spacial score (nSPS) is 14.2. The molecule has 1 heterocycles. The summed E-state index contributed by atoms with van der Waals surface area (Å²) in [7, 11) is 1.64. The van der Waals surface area contributed by atoms with Crippen molar-refractivity contribution in [3.63, 3.8) is 0 Å². The lowest BCUT2D eigenvalue weighted by atomic mass is 10.1. The van der Waals surface area contributed by atoms with Gasteiger partial charge in [0, 0.05) is 37.0 Å². The monoisotopic (exact) mass is 620 g/mol. The molecule has 1 aromatic heterocycles. The van der Waals surface area contributed by atoms with Crippen LogP contribution in [0, 0.1) is 5.92 Å². The molecule has 1 aliphatic carbocycles. The Morgan fingerprint density at radius 3 is 2.51 bits per heavy atom. The summed E-state index contributed by atoms with van der Waals surface area (Å²) in [5.74, 6) is -1.08. The van der Waals surface area contributed by atoms with Gasteiger partial charge in [0.15, 0.2) is 0 Å². The molecule has 41 heavy (non-hydrogen) atoms. The molecule has 2 amide bonds. The Kier molecular flexibility index (Phi) is 9.63. The molecular weight excluding hydrogens is 594 g/mol. The van der Waals surface area contributed by atoms with Crippen molar-refractivity contribution in [2.75, 3.05) is 13.2 Å². The van der Waals surface area contributed by atoms with E-state index in [0.29, 0.717) is 32.5 Å². The Bertz CT molecular complexity index is 1440.